The zero-order chi connectivity index (χ0) is 22.7. The molecule has 31 heavy (non-hydrogen) atoms. The predicted octanol–water partition coefficient (Wildman–Crippen LogP) is 3.12. The van der Waals surface area contributed by atoms with Gasteiger partial charge in [0.1, 0.15) is 11.5 Å². The SMILES string of the molecule is CCOc1c(C=C2NC(=O)N(Cc3ccc(C(=O)OC)o3)C2=O)cc(Cl)cc1[N+](=O)[O-]. The Morgan fingerprint density at radius 2 is 2.10 bits per heavy atom. The van der Waals surface area contributed by atoms with Crippen LogP contribution in [0.4, 0.5) is 10.5 Å². The predicted molar refractivity (Wildman–Crippen MR) is 106 cm³/mol. The summed E-state index contributed by atoms with van der Waals surface area (Å²) in [5.74, 6) is -1.38. The van der Waals surface area contributed by atoms with Crippen molar-refractivity contribution in [2.24, 2.45) is 0 Å². The number of benzene rings is 1. The molecular weight excluding hydrogens is 434 g/mol. The molecule has 12 heteroatoms. The maximum absolute atomic E-state index is 12.7. The summed E-state index contributed by atoms with van der Waals surface area (Å²) in [6.07, 6.45) is 1.24. The van der Waals surface area contributed by atoms with Gasteiger partial charge in [-0.05, 0) is 31.2 Å². The van der Waals surface area contributed by atoms with Gasteiger partial charge in [0.25, 0.3) is 5.91 Å². The standard InChI is InChI=1S/C19H16ClN3O8/c1-3-30-16-10(6-11(20)8-14(16)23(27)28)7-13-17(24)22(19(26)21-13)9-12-4-5-15(31-12)18(25)29-2/h4-8H,3,9H2,1-2H3,(H,21,26). The maximum Gasteiger partial charge on any atom is 0.373 e. The highest BCUT2D eigenvalue weighted by Gasteiger charge is 2.35. The number of nitrogens with one attached hydrogen (secondary N) is 1. The van der Waals surface area contributed by atoms with E-state index in [0.717, 1.165) is 11.0 Å². The summed E-state index contributed by atoms with van der Waals surface area (Å²) in [5.41, 5.74) is -0.361. The quantitative estimate of drug-likeness (QED) is 0.223. The van der Waals surface area contributed by atoms with Gasteiger partial charge < -0.3 is 19.2 Å². The fourth-order valence-electron chi connectivity index (χ4n) is 2.84. The lowest BCUT2D eigenvalue weighted by molar-refractivity contribution is -0.385. The first-order valence-electron chi connectivity index (χ1n) is 8.87. The number of esters is 1. The Morgan fingerprint density at radius 3 is 2.74 bits per heavy atom. The molecule has 0 saturated carbocycles. The molecule has 1 aliphatic rings. The molecule has 1 fully saturated rings. The van der Waals surface area contributed by atoms with Crippen LogP contribution in [0.5, 0.6) is 5.75 Å². The smallest absolute Gasteiger partial charge is 0.373 e. The number of hydrogen-bond acceptors (Lipinski definition) is 8. The fourth-order valence-corrected chi connectivity index (χ4v) is 3.06. The van der Waals surface area contributed by atoms with Gasteiger partial charge in [-0.1, -0.05) is 11.6 Å². The first kappa shape index (κ1) is 21.8. The number of carbonyl (C=O) groups is 3. The lowest BCUT2D eigenvalue weighted by atomic mass is 10.1. The summed E-state index contributed by atoms with van der Waals surface area (Å²) in [6.45, 7) is 1.53. The van der Waals surface area contributed by atoms with Crippen LogP contribution in [0, 0.1) is 10.1 Å². The second-order valence-electron chi connectivity index (χ2n) is 6.17. The molecule has 0 aliphatic carbocycles. The van der Waals surface area contributed by atoms with Crippen molar-refractivity contribution < 1.29 is 33.2 Å². The molecule has 0 radical (unpaired) electrons. The minimum Gasteiger partial charge on any atom is -0.487 e. The molecule has 0 bridgehead atoms. The minimum atomic E-state index is -0.734. The van der Waals surface area contributed by atoms with Crippen LogP contribution in [0.15, 0.2) is 34.4 Å². The maximum atomic E-state index is 12.7. The number of nitro benzene ring substituents is 1. The highest BCUT2D eigenvalue weighted by atomic mass is 35.5. The van der Waals surface area contributed by atoms with Crippen LogP contribution >= 0.6 is 11.6 Å². The van der Waals surface area contributed by atoms with Gasteiger partial charge in [0.15, 0.2) is 0 Å². The van der Waals surface area contributed by atoms with Crippen LogP contribution in [-0.4, -0.2) is 41.4 Å². The first-order valence-corrected chi connectivity index (χ1v) is 9.25. The third-order valence-corrected chi connectivity index (χ3v) is 4.39. The van der Waals surface area contributed by atoms with E-state index >= 15 is 0 Å². The normalized spacial score (nSPS) is 14.7. The van der Waals surface area contributed by atoms with Crippen molar-refractivity contribution in [2.75, 3.05) is 13.7 Å². The molecule has 162 valence electrons. The number of imide groups is 1. The van der Waals surface area contributed by atoms with Gasteiger partial charge in [-0.25, -0.2) is 9.59 Å². The molecule has 2 aromatic rings. The summed E-state index contributed by atoms with van der Waals surface area (Å²) in [5, 5.41) is 13.8. The molecule has 1 aromatic heterocycles. The Labute approximate surface area is 180 Å². The van der Waals surface area contributed by atoms with Crippen molar-refractivity contribution in [2.45, 2.75) is 13.5 Å². The number of carbonyl (C=O) groups excluding carboxylic acids is 3. The first-order chi connectivity index (χ1) is 14.7. The van der Waals surface area contributed by atoms with Crippen LogP contribution < -0.4 is 10.1 Å². The van der Waals surface area contributed by atoms with E-state index in [2.05, 4.69) is 10.1 Å². The number of amides is 3. The highest BCUT2D eigenvalue weighted by molar-refractivity contribution is 6.31. The van der Waals surface area contributed by atoms with E-state index < -0.39 is 22.8 Å². The molecule has 2 heterocycles. The van der Waals surface area contributed by atoms with Crippen molar-refractivity contribution >= 4 is 41.3 Å². The largest absolute Gasteiger partial charge is 0.487 e. The topological polar surface area (TPSA) is 141 Å². The van der Waals surface area contributed by atoms with E-state index in [1.54, 1.807) is 6.92 Å². The van der Waals surface area contributed by atoms with Crippen LogP contribution in [0.1, 0.15) is 28.8 Å². The number of methoxy groups -OCH3 is 1. The van der Waals surface area contributed by atoms with E-state index in [1.165, 1.54) is 31.4 Å². The van der Waals surface area contributed by atoms with E-state index in [4.69, 9.17) is 20.8 Å². The van der Waals surface area contributed by atoms with Crippen LogP contribution in [0.25, 0.3) is 6.08 Å². The third kappa shape index (κ3) is 4.51. The minimum absolute atomic E-state index is 0.0570. The molecule has 3 rings (SSSR count). The fraction of sp³-hybridized carbons (Fsp3) is 0.211. The third-order valence-electron chi connectivity index (χ3n) is 4.17. The number of halogens is 1. The number of furan rings is 1. The summed E-state index contributed by atoms with van der Waals surface area (Å²) in [4.78, 5) is 48.0. The lowest BCUT2D eigenvalue weighted by Crippen LogP contribution is -2.30. The Hall–Kier alpha value is -3.86. The van der Waals surface area contributed by atoms with Crippen molar-refractivity contribution in [1.29, 1.82) is 0 Å². The van der Waals surface area contributed by atoms with Crippen molar-refractivity contribution in [1.82, 2.24) is 10.2 Å². The average molecular weight is 450 g/mol. The van der Waals surface area contributed by atoms with Gasteiger partial charge in [-0.2, -0.15) is 0 Å². The number of nitrogens with zero attached hydrogens (tertiary/aromatic N) is 2. The zero-order valence-electron chi connectivity index (χ0n) is 16.3. The Morgan fingerprint density at radius 1 is 1.35 bits per heavy atom. The number of nitro groups is 1. The number of urea groups is 1. The van der Waals surface area contributed by atoms with Gasteiger partial charge >= 0.3 is 17.7 Å². The van der Waals surface area contributed by atoms with Crippen molar-refractivity contribution in [3.8, 4) is 5.75 Å². The number of rotatable bonds is 7. The molecule has 1 aliphatic heterocycles. The molecule has 3 amide bonds. The summed E-state index contributed by atoms with van der Waals surface area (Å²) in [7, 11) is 1.19. The monoisotopic (exact) mass is 449 g/mol. The van der Waals surface area contributed by atoms with Gasteiger partial charge in [-0.15, -0.1) is 0 Å². The van der Waals surface area contributed by atoms with Crippen molar-refractivity contribution in [3.63, 3.8) is 0 Å². The summed E-state index contributed by atoms with van der Waals surface area (Å²) < 4.78 is 15.2. The van der Waals surface area contributed by atoms with E-state index in [9.17, 15) is 24.5 Å². The zero-order valence-corrected chi connectivity index (χ0v) is 17.1. The van der Waals surface area contributed by atoms with E-state index in [-0.39, 0.29) is 52.4 Å². The Bertz CT molecular complexity index is 1110. The average Bonchev–Trinajstić information content (AvgIpc) is 3.29. The summed E-state index contributed by atoms with van der Waals surface area (Å²) >= 11 is 5.97. The Kier molecular flexibility index (Phi) is 6.25. The van der Waals surface area contributed by atoms with Gasteiger partial charge in [0.05, 0.1) is 25.2 Å². The van der Waals surface area contributed by atoms with E-state index in [1.807, 2.05) is 0 Å². The molecule has 11 nitrogen and oxygen atoms in total. The van der Waals surface area contributed by atoms with Crippen LogP contribution in [0.2, 0.25) is 5.02 Å². The molecule has 0 atom stereocenters. The molecule has 1 N–H and O–H groups in total. The highest BCUT2D eigenvalue weighted by Crippen LogP contribution is 2.36. The molecule has 0 unspecified atom stereocenters. The van der Waals surface area contributed by atoms with Crippen LogP contribution in [-0.2, 0) is 16.1 Å². The molecule has 1 saturated heterocycles. The second kappa shape index (κ2) is 8.88. The van der Waals surface area contributed by atoms with E-state index in [0.29, 0.717) is 0 Å². The van der Waals surface area contributed by atoms with Gasteiger partial charge in [-0.3, -0.25) is 19.8 Å². The molecule has 1 aromatic carbocycles. The number of hydrogen-bond donors (Lipinski definition) is 1. The molecule has 0 spiro atoms. The lowest BCUT2D eigenvalue weighted by Gasteiger charge is -2.10. The van der Waals surface area contributed by atoms with Crippen LogP contribution in [0.3, 0.4) is 0 Å². The summed E-state index contributed by atoms with van der Waals surface area (Å²) in [6, 6.07) is 4.56. The second-order valence-corrected chi connectivity index (χ2v) is 6.61. The molecular formula is C19H16ClN3O8. The van der Waals surface area contributed by atoms with Crippen molar-refractivity contribution in [3.05, 3.63) is 62.2 Å². The van der Waals surface area contributed by atoms with Gasteiger partial charge in [0.2, 0.25) is 11.5 Å². The van der Waals surface area contributed by atoms with Gasteiger partial charge in [0, 0.05) is 16.7 Å². The Balaban J connectivity index is 1.91. The number of ether oxygens (including phenoxy) is 2.